The quantitative estimate of drug-likeness (QED) is 0.698. The van der Waals surface area contributed by atoms with Crippen molar-refractivity contribution in [3.63, 3.8) is 0 Å². The van der Waals surface area contributed by atoms with E-state index in [4.69, 9.17) is 0 Å². The van der Waals surface area contributed by atoms with Gasteiger partial charge in [-0.15, -0.1) is 0 Å². The van der Waals surface area contributed by atoms with Crippen LogP contribution in [0.1, 0.15) is 26.7 Å². The van der Waals surface area contributed by atoms with Gasteiger partial charge in [-0.1, -0.05) is 0 Å². The van der Waals surface area contributed by atoms with Crippen molar-refractivity contribution in [1.82, 2.24) is 5.32 Å². The zero-order valence-corrected chi connectivity index (χ0v) is 8.78. The zero-order chi connectivity index (χ0) is 9.03. The molecule has 3 heteroatoms. The molecule has 2 N–H and O–H groups in total. The Morgan fingerprint density at radius 2 is 2.33 bits per heavy atom. The van der Waals surface area contributed by atoms with E-state index in [0.29, 0.717) is 6.04 Å². The van der Waals surface area contributed by atoms with Crippen LogP contribution in [0.4, 0.5) is 0 Å². The maximum absolute atomic E-state index is 9.45. The van der Waals surface area contributed by atoms with Crippen LogP contribution in [0.3, 0.4) is 0 Å². The number of nitrogens with one attached hydrogen (secondary N) is 1. The SMILES string of the molecule is CC(C)(O)CCNC1CCSC1. The first kappa shape index (κ1) is 10.4. The average Bonchev–Trinajstić information content (AvgIpc) is 2.36. The highest BCUT2D eigenvalue weighted by molar-refractivity contribution is 7.99. The summed E-state index contributed by atoms with van der Waals surface area (Å²) >= 11 is 2.02. The third-order valence-corrected chi connectivity index (χ3v) is 3.26. The summed E-state index contributed by atoms with van der Waals surface area (Å²) in [6.45, 7) is 4.66. The minimum atomic E-state index is -0.515. The monoisotopic (exact) mass is 189 g/mol. The molecular formula is C9H19NOS. The summed E-state index contributed by atoms with van der Waals surface area (Å²) in [6, 6.07) is 0.692. The first-order valence-corrected chi connectivity index (χ1v) is 5.77. The average molecular weight is 189 g/mol. The smallest absolute Gasteiger partial charge is 0.0603 e. The second-order valence-corrected chi connectivity index (χ2v) is 5.23. The molecule has 0 aromatic carbocycles. The molecular weight excluding hydrogens is 170 g/mol. The summed E-state index contributed by atoms with van der Waals surface area (Å²) in [5.74, 6) is 2.53. The summed E-state index contributed by atoms with van der Waals surface area (Å²) in [7, 11) is 0. The molecule has 0 saturated carbocycles. The molecule has 0 spiro atoms. The summed E-state index contributed by atoms with van der Waals surface area (Å²) < 4.78 is 0. The van der Waals surface area contributed by atoms with Crippen LogP contribution in [0.25, 0.3) is 0 Å². The molecule has 1 unspecified atom stereocenters. The second-order valence-electron chi connectivity index (χ2n) is 4.08. The molecule has 0 radical (unpaired) electrons. The van der Waals surface area contributed by atoms with Crippen molar-refractivity contribution in [2.24, 2.45) is 0 Å². The van der Waals surface area contributed by atoms with Gasteiger partial charge in [0.05, 0.1) is 5.60 Å². The Balaban J connectivity index is 2.02. The molecule has 1 aliphatic rings. The highest BCUT2D eigenvalue weighted by Gasteiger charge is 2.16. The number of hydrogen-bond donors (Lipinski definition) is 2. The molecule has 2 nitrogen and oxygen atoms in total. The molecule has 0 aliphatic carbocycles. The Kier molecular flexibility index (Phi) is 3.87. The van der Waals surface area contributed by atoms with Crippen molar-refractivity contribution in [1.29, 1.82) is 0 Å². The van der Waals surface area contributed by atoms with Gasteiger partial charge in [-0.2, -0.15) is 11.8 Å². The van der Waals surface area contributed by atoms with Gasteiger partial charge in [-0.25, -0.2) is 0 Å². The molecule has 1 aliphatic heterocycles. The van der Waals surface area contributed by atoms with Crippen molar-refractivity contribution in [3.05, 3.63) is 0 Å². The molecule has 1 atom stereocenters. The number of hydrogen-bond acceptors (Lipinski definition) is 3. The van der Waals surface area contributed by atoms with Gasteiger partial charge >= 0.3 is 0 Å². The molecule has 0 bridgehead atoms. The minimum absolute atomic E-state index is 0.515. The molecule has 1 heterocycles. The fraction of sp³-hybridized carbons (Fsp3) is 1.00. The molecule has 1 fully saturated rings. The summed E-state index contributed by atoms with van der Waals surface area (Å²) in [6.07, 6.45) is 2.13. The maximum atomic E-state index is 9.45. The van der Waals surface area contributed by atoms with Crippen molar-refractivity contribution in [3.8, 4) is 0 Å². The highest BCUT2D eigenvalue weighted by Crippen LogP contribution is 2.17. The Labute approximate surface area is 79.1 Å². The second kappa shape index (κ2) is 4.49. The highest BCUT2D eigenvalue weighted by atomic mass is 32.2. The van der Waals surface area contributed by atoms with Crippen LogP contribution < -0.4 is 5.32 Å². The lowest BCUT2D eigenvalue weighted by Crippen LogP contribution is -2.33. The van der Waals surface area contributed by atoms with Gasteiger partial charge < -0.3 is 10.4 Å². The Morgan fingerprint density at radius 1 is 1.58 bits per heavy atom. The van der Waals surface area contributed by atoms with Crippen molar-refractivity contribution in [2.45, 2.75) is 38.3 Å². The Morgan fingerprint density at radius 3 is 2.83 bits per heavy atom. The van der Waals surface area contributed by atoms with Crippen LogP contribution in [-0.2, 0) is 0 Å². The van der Waals surface area contributed by atoms with Crippen LogP contribution in [0, 0.1) is 0 Å². The van der Waals surface area contributed by atoms with E-state index in [1.165, 1.54) is 17.9 Å². The lowest BCUT2D eigenvalue weighted by atomic mass is 10.1. The van der Waals surface area contributed by atoms with E-state index in [0.717, 1.165) is 13.0 Å². The van der Waals surface area contributed by atoms with E-state index in [-0.39, 0.29) is 0 Å². The molecule has 72 valence electrons. The lowest BCUT2D eigenvalue weighted by Gasteiger charge is -2.18. The van der Waals surface area contributed by atoms with E-state index < -0.39 is 5.60 Å². The molecule has 1 saturated heterocycles. The van der Waals surface area contributed by atoms with Crippen molar-refractivity contribution < 1.29 is 5.11 Å². The van der Waals surface area contributed by atoms with Gasteiger partial charge in [0.25, 0.3) is 0 Å². The van der Waals surface area contributed by atoms with E-state index in [9.17, 15) is 5.11 Å². The fourth-order valence-electron chi connectivity index (χ4n) is 1.28. The maximum Gasteiger partial charge on any atom is 0.0603 e. The molecule has 0 aromatic heterocycles. The predicted octanol–water partition coefficient (Wildman–Crippen LogP) is 1.24. The van der Waals surface area contributed by atoms with Gasteiger partial charge in [0.1, 0.15) is 0 Å². The first-order valence-electron chi connectivity index (χ1n) is 4.61. The van der Waals surface area contributed by atoms with Gasteiger partial charge in [-0.3, -0.25) is 0 Å². The van der Waals surface area contributed by atoms with E-state index in [2.05, 4.69) is 5.32 Å². The minimum Gasteiger partial charge on any atom is -0.390 e. The van der Waals surface area contributed by atoms with Gasteiger partial charge in [-0.05, 0) is 39.0 Å². The normalized spacial score (nSPS) is 24.8. The third-order valence-electron chi connectivity index (χ3n) is 2.10. The Hall–Kier alpha value is 0.270. The predicted molar refractivity (Wildman–Crippen MR) is 54.6 cm³/mol. The number of rotatable bonds is 4. The van der Waals surface area contributed by atoms with Crippen molar-refractivity contribution in [2.75, 3.05) is 18.1 Å². The van der Waals surface area contributed by atoms with E-state index in [1.54, 1.807) is 0 Å². The number of thioether (sulfide) groups is 1. The van der Waals surface area contributed by atoms with Gasteiger partial charge in [0.15, 0.2) is 0 Å². The molecule has 1 rings (SSSR count). The van der Waals surface area contributed by atoms with E-state index in [1.807, 2.05) is 25.6 Å². The van der Waals surface area contributed by atoms with Gasteiger partial charge in [0, 0.05) is 11.8 Å². The third kappa shape index (κ3) is 4.33. The largest absolute Gasteiger partial charge is 0.390 e. The van der Waals surface area contributed by atoms with Crippen LogP contribution in [0.15, 0.2) is 0 Å². The molecule has 0 aromatic rings. The van der Waals surface area contributed by atoms with Gasteiger partial charge in [0.2, 0.25) is 0 Å². The topological polar surface area (TPSA) is 32.3 Å². The van der Waals surface area contributed by atoms with E-state index >= 15 is 0 Å². The summed E-state index contributed by atoms with van der Waals surface area (Å²) in [5.41, 5.74) is -0.515. The van der Waals surface area contributed by atoms with Crippen LogP contribution in [0.5, 0.6) is 0 Å². The standard InChI is InChI=1S/C9H19NOS/c1-9(2,11)4-5-10-8-3-6-12-7-8/h8,10-11H,3-7H2,1-2H3. The fourth-order valence-corrected chi connectivity index (χ4v) is 2.46. The summed E-state index contributed by atoms with van der Waals surface area (Å²) in [4.78, 5) is 0. The number of aliphatic hydroxyl groups is 1. The summed E-state index contributed by atoms with van der Waals surface area (Å²) in [5, 5.41) is 12.9. The molecule has 12 heavy (non-hydrogen) atoms. The molecule has 0 amide bonds. The Bertz CT molecular complexity index is 127. The zero-order valence-electron chi connectivity index (χ0n) is 7.97. The van der Waals surface area contributed by atoms with Crippen LogP contribution in [0.2, 0.25) is 0 Å². The van der Waals surface area contributed by atoms with Crippen LogP contribution in [-0.4, -0.2) is 34.8 Å². The van der Waals surface area contributed by atoms with Crippen LogP contribution >= 0.6 is 11.8 Å². The first-order chi connectivity index (χ1) is 5.58. The lowest BCUT2D eigenvalue weighted by molar-refractivity contribution is 0.0706. The van der Waals surface area contributed by atoms with Crippen molar-refractivity contribution >= 4 is 11.8 Å².